The van der Waals surface area contributed by atoms with Crippen LogP contribution in [0.25, 0.3) is 10.9 Å². The van der Waals surface area contributed by atoms with Crippen molar-refractivity contribution in [3.8, 4) is 11.6 Å². The Bertz CT molecular complexity index is 993. The number of nitrogens with one attached hydrogen (secondary N) is 2. The van der Waals surface area contributed by atoms with E-state index >= 15 is 0 Å². The van der Waals surface area contributed by atoms with Gasteiger partial charge in [-0.15, -0.1) is 0 Å². The lowest BCUT2D eigenvalue weighted by atomic mass is 10.2. The molecule has 0 aliphatic rings. The first-order valence-electron chi connectivity index (χ1n) is 7.70. The normalized spacial score (nSPS) is 10.7. The number of para-hydroxylation sites is 1. The van der Waals surface area contributed by atoms with E-state index in [9.17, 15) is 0 Å². The van der Waals surface area contributed by atoms with Crippen LogP contribution >= 0.6 is 0 Å². The van der Waals surface area contributed by atoms with Crippen LogP contribution in [0.3, 0.4) is 0 Å². The van der Waals surface area contributed by atoms with Crippen LogP contribution in [0.1, 0.15) is 5.56 Å². The Kier molecular flexibility index (Phi) is 3.59. The highest BCUT2D eigenvalue weighted by molar-refractivity contribution is 5.90. The molecule has 4 aromatic rings. The summed E-state index contributed by atoms with van der Waals surface area (Å²) < 4.78 is 5.83. The molecule has 0 radical (unpaired) electrons. The van der Waals surface area contributed by atoms with Gasteiger partial charge in [0.25, 0.3) is 0 Å². The molecule has 2 N–H and O–H groups in total. The van der Waals surface area contributed by atoms with Gasteiger partial charge in [0.15, 0.2) is 5.82 Å². The second kappa shape index (κ2) is 6.04. The Morgan fingerprint density at radius 2 is 1.83 bits per heavy atom. The zero-order chi connectivity index (χ0) is 16.4. The Morgan fingerprint density at radius 3 is 2.75 bits per heavy atom. The van der Waals surface area contributed by atoms with E-state index in [1.54, 1.807) is 0 Å². The number of fused-ring (bicyclic) bond motifs is 1. The summed E-state index contributed by atoms with van der Waals surface area (Å²) in [5, 5.41) is 11.5. The van der Waals surface area contributed by atoms with Gasteiger partial charge in [-0.3, -0.25) is 5.10 Å². The van der Waals surface area contributed by atoms with Crippen molar-refractivity contribution in [1.29, 1.82) is 0 Å². The molecule has 0 saturated carbocycles. The highest BCUT2D eigenvalue weighted by atomic mass is 16.5. The largest absolute Gasteiger partial charge is 0.439 e. The smallest absolute Gasteiger partial charge is 0.221 e. The minimum atomic E-state index is 0.533. The van der Waals surface area contributed by atoms with Crippen LogP contribution in [0, 0.1) is 6.92 Å². The summed E-state index contributed by atoms with van der Waals surface area (Å²) in [6.45, 7) is 2.03. The minimum absolute atomic E-state index is 0.533. The molecular formula is C19H16N4O. The monoisotopic (exact) mass is 316 g/mol. The number of ether oxygens (including phenoxy) is 1. The molecule has 4 rings (SSSR count). The van der Waals surface area contributed by atoms with Crippen LogP contribution in [0.2, 0.25) is 0 Å². The lowest BCUT2D eigenvalue weighted by Gasteiger charge is -2.08. The first kappa shape index (κ1) is 14.3. The molecule has 118 valence electrons. The molecule has 0 unspecified atom stereocenters. The van der Waals surface area contributed by atoms with Crippen LogP contribution in [0.5, 0.6) is 11.6 Å². The molecule has 2 aromatic carbocycles. The first-order chi connectivity index (χ1) is 11.8. The highest BCUT2D eigenvalue weighted by Crippen LogP contribution is 2.25. The number of anilines is 2. The summed E-state index contributed by atoms with van der Waals surface area (Å²) in [4.78, 5) is 4.49. The van der Waals surface area contributed by atoms with E-state index in [1.807, 2.05) is 73.7 Å². The van der Waals surface area contributed by atoms with Crippen molar-refractivity contribution in [3.63, 3.8) is 0 Å². The zero-order valence-electron chi connectivity index (χ0n) is 13.2. The number of rotatable bonds is 4. The predicted octanol–water partition coefficient (Wildman–Crippen LogP) is 4.80. The molecule has 0 bridgehead atoms. The predicted molar refractivity (Wildman–Crippen MR) is 94.9 cm³/mol. The van der Waals surface area contributed by atoms with Crippen LogP contribution < -0.4 is 10.1 Å². The molecule has 2 heterocycles. The molecule has 0 aliphatic carbocycles. The number of hydrogen-bond donors (Lipinski definition) is 2. The fourth-order valence-corrected chi connectivity index (χ4v) is 2.52. The van der Waals surface area contributed by atoms with Crippen molar-refractivity contribution in [2.24, 2.45) is 0 Å². The molecular weight excluding hydrogens is 300 g/mol. The van der Waals surface area contributed by atoms with Crippen molar-refractivity contribution in [3.05, 3.63) is 72.3 Å². The van der Waals surface area contributed by atoms with Crippen LogP contribution in [0.15, 0.2) is 66.7 Å². The standard InChI is InChI=1S/C19H16N4O/c1-13-6-4-7-14(12-13)24-18-11-5-10-17(20-18)21-19-15-8-2-3-9-16(15)22-23-19/h2-12H,1H3,(H2,20,21,22,23). The van der Waals surface area contributed by atoms with Crippen LogP contribution in [-0.4, -0.2) is 15.2 Å². The molecule has 24 heavy (non-hydrogen) atoms. The zero-order valence-corrected chi connectivity index (χ0v) is 13.2. The lowest BCUT2D eigenvalue weighted by Crippen LogP contribution is -1.96. The maximum absolute atomic E-state index is 5.83. The van der Waals surface area contributed by atoms with Gasteiger partial charge in [-0.1, -0.05) is 30.3 Å². The molecule has 0 saturated heterocycles. The third-order valence-electron chi connectivity index (χ3n) is 3.65. The Labute approximate surface area is 139 Å². The van der Waals surface area contributed by atoms with Crippen LogP contribution in [0.4, 0.5) is 11.6 Å². The van der Waals surface area contributed by atoms with E-state index in [0.717, 1.165) is 28.0 Å². The van der Waals surface area contributed by atoms with Gasteiger partial charge >= 0.3 is 0 Å². The molecule has 5 heteroatoms. The van der Waals surface area contributed by atoms with Gasteiger partial charge in [0.2, 0.25) is 5.88 Å². The summed E-state index contributed by atoms with van der Waals surface area (Å²) in [5.74, 6) is 2.72. The Morgan fingerprint density at radius 1 is 0.958 bits per heavy atom. The summed E-state index contributed by atoms with van der Waals surface area (Å²) in [6, 6.07) is 21.4. The number of aryl methyl sites for hydroxylation is 1. The van der Waals surface area contributed by atoms with Crippen LogP contribution in [-0.2, 0) is 0 Å². The fourth-order valence-electron chi connectivity index (χ4n) is 2.52. The fraction of sp³-hybridized carbons (Fsp3) is 0.0526. The number of aromatic amines is 1. The summed E-state index contributed by atoms with van der Waals surface area (Å²) >= 11 is 0. The number of aromatic nitrogens is 3. The van der Waals surface area contributed by atoms with Crippen molar-refractivity contribution in [1.82, 2.24) is 15.2 Å². The first-order valence-corrected chi connectivity index (χ1v) is 7.70. The number of benzene rings is 2. The number of H-pyrrole nitrogens is 1. The van der Waals surface area contributed by atoms with Crippen molar-refractivity contribution < 1.29 is 4.74 Å². The lowest BCUT2D eigenvalue weighted by molar-refractivity contribution is 0.463. The molecule has 5 nitrogen and oxygen atoms in total. The molecule has 0 amide bonds. The van der Waals surface area contributed by atoms with Gasteiger partial charge in [0, 0.05) is 11.5 Å². The van der Waals surface area contributed by atoms with Gasteiger partial charge < -0.3 is 10.1 Å². The molecule has 0 aliphatic heterocycles. The van der Waals surface area contributed by atoms with E-state index in [0.29, 0.717) is 11.7 Å². The summed E-state index contributed by atoms with van der Waals surface area (Å²) in [6.07, 6.45) is 0. The minimum Gasteiger partial charge on any atom is -0.439 e. The van der Waals surface area contributed by atoms with E-state index in [2.05, 4.69) is 20.5 Å². The van der Waals surface area contributed by atoms with E-state index < -0.39 is 0 Å². The second-order valence-corrected chi connectivity index (χ2v) is 5.52. The molecule has 2 aromatic heterocycles. The van der Waals surface area contributed by atoms with E-state index in [-0.39, 0.29) is 0 Å². The summed E-state index contributed by atoms with van der Waals surface area (Å²) in [5.41, 5.74) is 2.12. The Hall–Kier alpha value is -3.34. The topological polar surface area (TPSA) is 62.8 Å². The maximum atomic E-state index is 5.83. The van der Waals surface area contributed by atoms with Gasteiger partial charge in [0.1, 0.15) is 11.6 Å². The second-order valence-electron chi connectivity index (χ2n) is 5.52. The quantitative estimate of drug-likeness (QED) is 0.567. The molecule has 0 spiro atoms. The number of nitrogens with zero attached hydrogens (tertiary/aromatic N) is 2. The van der Waals surface area contributed by atoms with Gasteiger partial charge in [-0.05, 0) is 42.8 Å². The number of hydrogen-bond acceptors (Lipinski definition) is 4. The van der Waals surface area contributed by atoms with Gasteiger partial charge in [-0.2, -0.15) is 10.1 Å². The third kappa shape index (κ3) is 2.92. The SMILES string of the molecule is Cc1cccc(Oc2cccc(Nc3n[nH]c4ccccc34)n2)c1. The molecule has 0 atom stereocenters. The van der Waals surface area contributed by atoms with Gasteiger partial charge in [-0.25, -0.2) is 0 Å². The maximum Gasteiger partial charge on any atom is 0.221 e. The average molecular weight is 316 g/mol. The number of pyridine rings is 1. The van der Waals surface area contributed by atoms with E-state index in [4.69, 9.17) is 4.74 Å². The van der Waals surface area contributed by atoms with E-state index in [1.165, 1.54) is 0 Å². The van der Waals surface area contributed by atoms with Gasteiger partial charge in [0.05, 0.1) is 5.52 Å². The third-order valence-corrected chi connectivity index (χ3v) is 3.65. The van der Waals surface area contributed by atoms with Crippen molar-refractivity contribution in [2.45, 2.75) is 6.92 Å². The van der Waals surface area contributed by atoms with Crippen molar-refractivity contribution in [2.75, 3.05) is 5.32 Å². The Balaban J connectivity index is 1.58. The summed E-state index contributed by atoms with van der Waals surface area (Å²) in [7, 11) is 0. The molecule has 0 fully saturated rings. The average Bonchev–Trinajstić information content (AvgIpc) is 2.99. The highest BCUT2D eigenvalue weighted by Gasteiger charge is 2.07. The van der Waals surface area contributed by atoms with Crippen molar-refractivity contribution >= 4 is 22.5 Å².